The first-order valence-corrected chi connectivity index (χ1v) is 9.23. The highest BCUT2D eigenvalue weighted by Gasteiger charge is 2.28. The van der Waals surface area contributed by atoms with Crippen LogP contribution in [0.15, 0.2) is 53.7 Å². The Labute approximate surface area is 156 Å². The predicted molar refractivity (Wildman–Crippen MR) is 99.4 cm³/mol. The summed E-state index contributed by atoms with van der Waals surface area (Å²) >= 11 is 1.49. The summed E-state index contributed by atoms with van der Waals surface area (Å²) in [7, 11) is 0. The molecule has 0 spiro atoms. The molecular formula is C19H18N4O2S. The van der Waals surface area contributed by atoms with E-state index in [0.717, 1.165) is 16.1 Å². The second kappa shape index (κ2) is 8.50. The monoisotopic (exact) mass is 366 g/mol. The predicted octanol–water partition coefficient (Wildman–Crippen LogP) is 2.46. The van der Waals surface area contributed by atoms with E-state index in [9.17, 15) is 9.59 Å². The Bertz CT molecular complexity index is 835. The lowest BCUT2D eigenvalue weighted by atomic mass is 10.2. The fourth-order valence-electron chi connectivity index (χ4n) is 2.75. The van der Waals surface area contributed by atoms with Crippen LogP contribution in [-0.2, 0) is 16.1 Å². The lowest BCUT2D eigenvalue weighted by Crippen LogP contribution is -2.45. The van der Waals surface area contributed by atoms with Crippen molar-refractivity contribution in [1.29, 1.82) is 5.26 Å². The van der Waals surface area contributed by atoms with Gasteiger partial charge < -0.3 is 9.80 Å². The molecule has 0 aliphatic carbocycles. The fourth-order valence-corrected chi connectivity index (χ4v) is 3.69. The van der Waals surface area contributed by atoms with Crippen LogP contribution in [0, 0.1) is 11.3 Å². The van der Waals surface area contributed by atoms with Gasteiger partial charge in [-0.1, -0.05) is 18.2 Å². The van der Waals surface area contributed by atoms with Gasteiger partial charge in [-0.2, -0.15) is 5.26 Å². The zero-order valence-corrected chi connectivity index (χ0v) is 15.0. The molecule has 132 valence electrons. The quantitative estimate of drug-likeness (QED) is 0.785. The summed E-state index contributed by atoms with van der Waals surface area (Å²) in [5, 5.41) is 8.89. The number of hydrogen-bond acceptors (Lipinski definition) is 5. The maximum atomic E-state index is 12.9. The topological polar surface area (TPSA) is 77.3 Å². The van der Waals surface area contributed by atoms with Crippen LogP contribution in [-0.4, -0.2) is 40.5 Å². The number of amides is 2. The van der Waals surface area contributed by atoms with E-state index in [-0.39, 0.29) is 24.8 Å². The third kappa shape index (κ3) is 4.21. The Morgan fingerprint density at radius 2 is 2.15 bits per heavy atom. The van der Waals surface area contributed by atoms with Gasteiger partial charge in [-0.15, -0.1) is 11.8 Å². The van der Waals surface area contributed by atoms with Gasteiger partial charge in [-0.3, -0.25) is 14.6 Å². The molecule has 2 heterocycles. The van der Waals surface area contributed by atoms with E-state index in [0.29, 0.717) is 18.8 Å². The van der Waals surface area contributed by atoms with Gasteiger partial charge in [-0.05, 0) is 23.8 Å². The first-order chi connectivity index (χ1) is 12.7. The largest absolute Gasteiger partial charge is 0.336 e. The van der Waals surface area contributed by atoms with Crippen LogP contribution >= 0.6 is 11.8 Å². The molecule has 1 aromatic carbocycles. The van der Waals surface area contributed by atoms with Crippen molar-refractivity contribution in [2.75, 3.05) is 23.7 Å². The maximum absolute atomic E-state index is 12.9. The highest BCUT2D eigenvalue weighted by molar-refractivity contribution is 8.00. The standard InChI is InChI=1S/C19H18N4O2S/c20-8-4-10-22(12-15-5-3-9-21-11-15)18(24)13-23-16-6-1-2-7-17(16)26-14-19(23)25/h1-3,5-7,9,11H,4,10,12-14H2. The number of carbonyl (C=O) groups excluding carboxylic acids is 2. The van der Waals surface area contributed by atoms with Crippen LogP contribution in [0.2, 0.25) is 0 Å². The van der Waals surface area contributed by atoms with Crippen molar-refractivity contribution in [3.05, 3.63) is 54.4 Å². The Kier molecular flexibility index (Phi) is 5.87. The zero-order valence-electron chi connectivity index (χ0n) is 14.2. The van der Waals surface area contributed by atoms with E-state index in [1.54, 1.807) is 17.3 Å². The van der Waals surface area contributed by atoms with Gasteiger partial charge in [0.1, 0.15) is 6.54 Å². The van der Waals surface area contributed by atoms with Gasteiger partial charge in [0.2, 0.25) is 11.8 Å². The van der Waals surface area contributed by atoms with Crippen LogP contribution in [0.5, 0.6) is 0 Å². The summed E-state index contributed by atoms with van der Waals surface area (Å²) < 4.78 is 0. The number of rotatable bonds is 6. The summed E-state index contributed by atoms with van der Waals surface area (Å²) in [4.78, 5) is 33.4. The molecule has 3 rings (SSSR count). The van der Waals surface area contributed by atoms with Crippen LogP contribution in [0.25, 0.3) is 0 Å². The minimum Gasteiger partial charge on any atom is -0.336 e. The van der Waals surface area contributed by atoms with Crippen LogP contribution in [0.4, 0.5) is 5.69 Å². The minimum absolute atomic E-state index is 0.0257. The molecule has 2 aromatic rings. The Balaban J connectivity index is 1.77. The van der Waals surface area contributed by atoms with Crippen LogP contribution < -0.4 is 4.90 Å². The van der Waals surface area contributed by atoms with Gasteiger partial charge >= 0.3 is 0 Å². The number of nitrogens with zero attached hydrogens (tertiary/aromatic N) is 4. The molecule has 0 atom stereocenters. The van der Waals surface area contributed by atoms with E-state index in [1.807, 2.05) is 36.4 Å². The summed E-state index contributed by atoms with van der Waals surface area (Å²) in [5.74, 6) is 0.0632. The molecule has 26 heavy (non-hydrogen) atoms. The molecule has 1 aromatic heterocycles. The van der Waals surface area contributed by atoms with E-state index in [4.69, 9.17) is 5.26 Å². The lowest BCUT2D eigenvalue weighted by Gasteiger charge is -2.31. The molecule has 0 saturated heterocycles. The molecule has 0 unspecified atom stereocenters. The summed E-state index contributed by atoms with van der Waals surface area (Å²) in [6.07, 6.45) is 3.61. The number of benzene rings is 1. The molecule has 0 bridgehead atoms. The van der Waals surface area contributed by atoms with E-state index in [2.05, 4.69) is 11.1 Å². The van der Waals surface area contributed by atoms with E-state index in [1.165, 1.54) is 16.7 Å². The first kappa shape index (κ1) is 18.0. The van der Waals surface area contributed by atoms with Gasteiger partial charge in [0, 0.05) is 30.4 Å². The molecule has 1 aliphatic heterocycles. The highest BCUT2D eigenvalue weighted by atomic mass is 32.2. The number of nitriles is 1. The van der Waals surface area contributed by atoms with Crippen LogP contribution in [0.3, 0.4) is 0 Å². The summed E-state index contributed by atoms with van der Waals surface area (Å²) in [6, 6.07) is 13.4. The molecule has 7 heteroatoms. The highest BCUT2D eigenvalue weighted by Crippen LogP contribution is 2.34. The van der Waals surface area contributed by atoms with Crippen molar-refractivity contribution in [1.82, 2.24) is 9.88 Å². The number of para-hydroxylation sites is 1. The van der Waals surface area contributed by atoms with E-state index >= 15 is 0 Å². The summed E-state index contributed by atoms with van der Waals surface area (Å²) in [6.45, 7) is 0.664. The second-order valence-corrected chi connectivity index (χ2v) is 6.84. The van der Waals surface area contributed by atoms with Gasteiger partial charge in [0.15, 0.2) is 0 Å². The molecule has 0 N–H and O–H groups in total. The normalized spacial score (nSPS) is 13.0. The maximum Gasteiger partial charge on any atom is 0.242 e. The first-order valence-electron chi connectivity index (χ1n) is 8.25. The molecule has 0 saturated carbocycles. The van der Waals surface area contributed by atoms with Gasteiger partial charge in [0.25, 0.3) is 0 Å². The van der Waals surface area contributed by atoms with E-state index < -0.39 is 0 Å². The molecule has 1 aliphatic rings. The second-order valence-electron chi connectivity index (χ2n) is 5.82. The Hall–Kier alpha value is -2.85. The minimum atomic E-state index is -0.181. The number of carbonyl (C=O) groups is 2. The number of aromatic nitrogens is 1. The number of anilines is 1. The molecule has 2 amide bonds. The zero-order chi connectivity index (χ0) is 18.4. The van der Waals surface area contributed by atoms with Crippen molar-refractivity contribution < 1.29 is 9.59 Å². The number of pyridine rings is 1. The van der Waals surface area contributed by atoms with Crippen molar-refractivity contribution in [2.24, 2.45) is 0 Å². The smallest absolute Gasteiger partial charge is 0.242 e. The van der Waals surface area contributed by atoms with Crippen molar-refractivity contribution >= 4 is 29.3 Å². The molecular weight excluding hydrogens is 348 g/mol. The van der Waals surface area contributed by atoms with Gasteiger partial charge in [0.05, 0.1) is 23.9 Å². The summed E-state index contributed by atoms with van der Waals surface area (Å²) in [5.41, 5.74) is 1.66. The third-order valence-corrected chi connectivity index (χ3v) is 5.09. The van der Waals surface area contributed by atoms with Crippen molar-refractivity contribution in [2.45, 2.75) is 17.9 Å². The fraction of sp³-hybridized carbons (Fsp3) is 0.263. The average Bonchev–Trinajstić information content (AvgIpc) is 2.68. The van der Waals surface area contributed by atoms with Crippen molar-refractivity contribution in [3.8, 4) is 6.07 Å². The molecule has 6 nitrogen and oxygen atoms in total. The number of thioether (sulfide) groups is 1. The Morgan fingerprint density at radius 1 is 1.31 bits per heavy atom. The van der Waals surface area contributed by atoms with Gasteiger partial charge in [-0.25, -0.2) is 0 Å². The van der Waals surface area contributed by atoms with Crippen molar-refractivity contribution in [3.63, 3.8) is 0 Å². The third-order valence-electron chi connectivity index (χ3n) is 4.04. The number of hydrogen-bond donors (Lipinski definition) is 0. The van der Waals surface area contributed by atoms with Crippen LogP contribution in [0.1, 0.15) is 12.0 Å². The Morgan fingerprint density at radius 3 is 2.92 bits per heavy atom. The lowest BCUT2D eigenvalue weighted by molar-refractivity contribution is -0.131. The SMILES string of the molecule is N#CCCN(Cc1cccnc1)C(=O)CN1C(=O)CSc2ccccc21. The molecule has 0 radical (unpaired) electrons. The molecule has 0 fully saturated rings. The number of fused-ring (bicyclic) bond motifs is 1. The average molecular weight is 366 g/mol.